The van der Waals surface area contributed by atoms with Crippen LogP contribution in [0.2, 0.25) is 0 Å². The van der Waals surface area contributed by atoms with Gasteiger partial charge in [0.1, 0.15) is 0 Å². The Morgan fingerprint density at radius 1 is 0.893 bits per heavy atom. The summed E-state index contributed by atoms with van der Waals surface area (Å²) in [6.07, 6.45) is 9.76. The molecule has 0 amide bonds. The van der Waals surface area contributed by atoms with Crippen LogP contribution in [0.25, 0.3) is 0 Å². The third-order valence-corrected chi connectivity index (χ3v) is 6.19. The normalized spacial score (nSPS) is 18.8. The van der Waals surface area contributed by atoms with Gasteiger partial charge in [-0.3, -0.25) is 9.88 Å². The molecule has 2 aromatic heterocycles. The van der Waals surface area contributed by atoms with Crippen LogP contribution in [0.3, 0.4) is 0 Å². The molecule has 2 aliphatic rings. The highest BCUT2D eigenvalue weighted by Crippen LogP contribution is 2.42. The van der Waals surface area contributed by atoms with Crippen LogP contribution in [0.4, 0.5) is 5.95 Å². The van der Waals surface area contributed by atoms with Crippen molar-refractivity contribution in [3.8, 4) is 0 Å². The molecule has 3 aromatic rings. The largest absolute Gasteiger partial charge is 0.341 e. The molecule has 1 aromatic carbocycles. The number of hydrogen-bond acceptors (Lipinski definition) is 5. The van der Waals surface area contributed by atoms with Gasteiger partial charge in [0.2, 0.25) is 5.95 Å². The third kappa shape index (κ3) is 3.27. The molecule has 2 aliphatic heterocycles. The Morgan fingerprint density at radius 2 is 1.71 bits per heavy atom. The molecule has 5 heteroatoms. The number of rotatable bonds is 3. The lowest BCUT2D eigenvalue weighted by molar-refractivity contribution is 0.145. The standard InChI is InChI=1S/C23H25N5/c1-2-7-21-20(6-1)17-27(16-19-5-3-10-24-15-19)18-23(21)8-13-28(14-9-23)22-25-11-4-12-26-22/h1-7,10-12,15H,8-9,13-14,16-18H2. The highest BCUT2D eigenvalue weighted by molar-refractivity contribution is 5.40. The van der Waals surface area contributed by atoms with Crippen molar-refractivity contribution >= 4 is 5.95 Å². The van der Waals surface area contributed by atoms with E-state index >= 15 is 0 Å². The SMILES string of the molecule is c1cnc(N2CCC3(CC2)CN(Cc2cccnc2)Cc2ccccc23)nc1. The average Bonchev–Trinajstić information content (AvgIpc) is 2.76. The Morgan fingerprint density at radius 3 is 2.50 bits per heavy atom. The Kier molecular flexibility index (Phi) is 4.53. The molecule has 1 fully saturated rings. The summed E-state index contributed by atoms with van der Waals surface area (Å²) < 4.78 is 0. The molecule has 4 heterocycles. The minimum Gasteiger partial charge on any atom is -0.341 e. The lowest BCUT2D eigenvalue weighted by Gasteiger charge is -2.48. The summed E-state index contributed by atoms with van der Waals surface area (Å²) in [5.74, 6) is 0.855. The Labute approximate surface area is 166 Å². The second kappa shape index (κ2) is 7.32. The van der Waals surface area contributed by atoms with Crippen molar-refractivity contribution in [2.75, 3.05) is 24.5 Å². The summed E-state index contributed by atoms with van der Waals surface area (Å²) in [7, 11) is 0. The number of pyridine rings is 1. The van der Waals surface area contributed by atoms with E-state index in [4.69, 9.17) is 0 Å². The fraction of sp³-hybridized carbons (Fsp3) is 0.348. The smallest absolute Gasteiger partial charge is 0.225 e. The highest BCUT2D eigenvalue weighted by atomic mass is 15.3. The molecule has 0 aliphatic carbocycles. The van der Waals surface area contributed by atoms with Gasteiger partial charge in [-0.05, 0) is 41.7 Å². The van der Waals surface area contributed by atoms with Crippen molar-refractivity contribution in [3.63, 3.8) is 0 Å². The zero-order chi connectivity index (χ0) is 18.8. The molecule has 1 spiro atoms. The first kappa shape index (κ1) is 17.3. The topological polar surface area (TPSA) is 45.2 Å². The summed E-state index contributed by atoms with van der Waals surface area (Å²) in [5, 5.41) is 0. The van der Waals surface area contributed by atoms with Gasteiger partial charge in [-0.25, -0.2) is 9.97 Å². The minimum atomic E-state index is 0.211. The van der Waals surface area contributed by atoms with E-state index in [1.807, 2.05) is 36.9 Å². The monoisotopic (exact) mass is 371 g/mol. The maximum Gasteiger partial charge on any atom is 0.225 e. The van der Waals surface area contributed by atoms with Gasteiger partial charge < -0.3 is 4.90 Å². The maximum absolute atomic E-state index is 4.45. The van der Waals surface area contributed by atoms with Crippen LogP contribution in [-0.4, -0.2) is 39.5 Å². The van der Waals surface area contributed by atoms with E-state index in [1.54, 1.807) is 5.56 Å². The van der Waals surface area contributed by atoms with Crippen LogP contribution >= 0.6 is 0 Å². The maximum atomic E-state index is 4.45. The van der Waals surface area contributed by atoms with Crippen LogP contribution in [0.5, 0.6) is 0 Å². The molecule has 0 radical (unpaired) electrons. The first-order chi connectivity index (χ1) is 13.8. The van der Waals surface area contributed by atoms with Crippen molar-refractivity contribution in [1.82, 2.24) is 19.9 Å². The van der Waals surface area contributed by atoms with Gasteiger partial charge in [-0.15, -0.1) is 0 Å². The minimum absolute atomic E-state index is 0.211. The molecule has 5 rings (SSSR count). The number of benzene rings is 1. The molecular weight excluding hydrogens is 346 g/mol. The summed E-state index contributed by atoms with van der Waals surface area (Å²) in [6.45, 7) is 5.06. The van der Waals surface area contributed by atoms with Crippen LogP contribution in [-0.2, 0) is 18.5 Å². The molecule has 0 saturated carbocycles. The van der Waals surface area contributed by atoms with Gasteiger partial charge >= 0.3 is 0 Å². The van der Waals surface area contributed by atoms with E-state index < -0.39 is 0 Å². The number of hydrogen-bond donors (Lipinski definition) is 0. The van der Waals surface area contributed by atoms with Gasteiger partial charge in [0.15, 0.2) is 0 Å². The number of nitrogens with zero attached hydrogens (tertiary/aromatic N) is 5. The number of aromatic nitrogens is 3. The van der Waals surface area contributed by atoms with E-state index in [-0.39, 0.29) is 5.41 Å². The van der Waals surface area contributed by atoms with Crippen LogP contribution in [0.1, 0.15) is 29.5 Å². The highest BCUT2D eigenvalue weighted by Gasteiger charge is 2.42. The van der Waals surface area contributed by atoms with Gasteiger partial charge in [0, 0.05) is 62.9 Å². The number of piperidine rings is 1. The van der Waals surface area contributed by atoms with Crippen LogP contribution in [0.15, 0.2) is 67.3 Å². The van der Waals surface area contributed by atoms with Crippen LogP contribution in [0, 0.1) is 0 Å². The predicted octanol–water partition coefficient (Wildman–Crippen LogP) is 3.43. The zero-order valence-electron chi connectivity index (χ0n) is 16.0. The van der Waals surface area contributed by atoms with Crippen molar-refractivity contribution in [1.29, 1.82) is 0 Å². The van der Waals surface area contributed by atoms with Gasteiger partial charge in [0.25, 0.3) is 0 Å². The number of fused-ring (bicyclic) bond motifs is 2. The quantitative estimate of drug-likeness (QED) is 0.706. The second-order valence-corrected chi connectivity index (χ2v) is 7.98. The zero-order valence-corrected chi connectivity index (χ0v) is 16.0. The van der Waals surface area contributed by atoms with E-state index in [1.165, 1.54) is 11.1 Å². The fourth-order valence-electron chi connectivity index (χ4n) is 4.86. The van der Waals surface area contributed by atoms with Crippen molar-refractivity contribution in [3.05, 3.63) is 83.9 Å². The Hall–Kier alpha value is -2.79. The lowest BCUT2D eigenvalue weighted by Crippen LogP contribution is -2.52. The van der Waals surface area contributed by atoms with Gasteiger partial charge in [-0.2, -0.15) is 0 Å². The fourth-order valence-corrected chi connectivity index (χ4v) is 4.86. The molecule has 0 N–H and O–H groups in total. The molecule has 5 nitrogen and oxygen atoms in total. The van der Waals surface area contributed by atoms with Gasteiger partial charge in [0.05, 0.1) is 0 Å². The van der Waals surface area contributed by atoms with E-state index in [0.717, 1.165) is 51.5 Å². The van der Waals surface area contributed by atoms with Gasteiger partial charge in [-0.1, -0.05) is 30.3 Å². The van der Waals surface area contributed by atoms with Crippen molar-refractivity contribution < 1.29 is 0 Å². The summed E-state index contributed by atoms with van der Waals surface area (Å²) in [4.78, 5) is 18.1. The van der Waals surface area contributed by atoms with Crippen LogP contribution < -0.4 is 4.90 Å². The Bertz CT molecular complexity index is 920. The first-order valence-corrected chi connectivity index (χ1v) is 10.0. The second-order valence-electron chi connectivity index (χ2n) is 7.98. The number of anilines is 1. The molecule has 0 atom stereocenters. The molecular formula is C23H25N5. The molecule has 0 bridgehead atoms. The van der Waals surface area contributed by atoms with E-state index in [0.29, 0.717) is 0 Å². The predicted molar refractivity (Wildman–Crippen MR) is 110 cm³/mol. The molecule has 142 valence electrons. The summed E-state index contributed by atoms with van der Waals surface area (Å²) in [6, 6.07) is 15.1. The Balaban J connectivity index is 1.40. The van der Waals surface area contributed by atoms with Crippen molar-refractivity contribution in [2.45, 2.75) is 31.3 Å². The molecule has 0 unspecified atom stereocenters. The summed E-state index contributed by atoms with van der Waals surface area (Å²) in [5.41, 5.74) is 4.52. The average molecular weight is 371 g/mol. The summed E-state index contributed by atoms with van der Waals surface area (Å²) >= 11 is 0. The third-order valence-electron chi connectivity index (χ3n) is 6.19. The lowest BCUT2D eigenvalue weighted by atomic mass is 9.69. The molecule has 1 saturated heterocycles. The van der Waals surface area contributed by atoms with E-state index in [9.17, 15) is 0 Å². The van der Waals surface area contributed by atoms with E-state index in [2.05, 4.69) is 55.1 Å². The van der Waals surface area contributed by atoms with Crippen molar-refractivity contribution in [2.24, 2.45) is 0 Å². The first-order valence-electron chi connectivity index (χ1n) is 10.0. The molecule has 28 heavy (non-hydrogen) atoms.